The van der Waals surface area contributed by atoms with Gasteiger partial charge < -0.3 is 39.8 Å². The maximum atomic E-state index is 12.2. The van der Waals surface area contributed by atoms with Crippen LogP contribution in [0.1, 0.15) is 40.5 Å². The second kappa shape index (κ2) is 13.4. The number of aliphatic carboxylic acids is 2. The minimum Gasteiger partial charge on any atom is -0.545 e. The van der Waals surface area contributed by atoms with Gasteiger partial charge in [0.05, 0.1) is 23.7 Å². The Morgan fingerprint density at radius 1 is 1.30 bits per heavy atom. The van der Waals surface area contributed by atoms with Crippen LogP contribution >= 0.6 is 0 Å². The first-order chi connectivity index (χ1) is 15.4. The number of hydrogen-bond donors (Lipinski definition) is 3. The first-order valence-electron chi connectivity index (χ1n) is 10.8. The maximum absolute atomic E-state index is 12.2. The van der Waals surface area contributed by atoms with E-state index in [1.807, 2.05) is 19.1 Å². The van der Waals surface area contributed by atoms with Crippen LogP contribution in [-0.4, -0.2) is 66.0 Å². The molecule has 10 heteroatoms. The predicted octanol–water partition coefficient (Wildman–Crippen LogP) is -0.309. The lowest BCUT2D eigenvalue weighted by atomic mass is 10.1. The number of carboxylic acids is 2. The van der Waals surface area contributed by atoms with Gasteiger partial charge in [0.25, 0.3) is 0 Å². The van der Waals surface area contributed by atoms with Crippen LogP contribution in [0, 0.1) is 0 Å². The molecule has 1 aromatic rings. The van der Waals surface area contributed by atoms with E-state index in [-0.39, 0.29) is 18.1 Å². The molecule has 1 aliphatic heterocycles. The van der Waals surface area contributed by atoms with Crippen molar-refractivity contribution in [3.05, 3.63) is 30.4 Å². The lowest BCUT2D eigenvalue weighted by molar-refractivity contribution is -0.722. The summed E-state index contributed by atoms with van der Waals surface area (Å²) >= 11 is 0. The normalized spacial score (nSPS) is 13.9. The van der Waals surface area contributed by atoms with Gasteiger partial charge in [0, 0.05) is 18.6 Å². The fourth-order valence-corrected chi connectivity index (χ4v) is 2.79. The Hall–Kier alpha value is -3.11. The number of carboxylic acid groups (broad SMARTS) is 2. The molecular weight excluding hydrogens is 432 g/mol. The van der Waals surface area contributed by atoms with Crippen molar-refractivity contribution < 1.29 is 44.5 Å². The van der Waals surface area contributed by atoms with Gasteiger partial charge in [0.15, 0.2) is 0 Å². The van der Waals surface area contributed by atoms with Crippen LogP contribution in [0.3, 0.4) is 0 Å². The average molecular weight is 467 g/mol. The molecule has 0 spiro atoms. The lowest BCUT2D eigenvalue weighted by Gasteiger charge is -2.30. The third kappa shape index (κ3) is 11.4. The molecule has 33 heavy (non-hydrogen) atoms. The standard InChI is InChI=1S/C19H30N2O4.C4H4O4/c1-5-6-18(23)21-9-10-24-17-11-15(7-8-16(17)21)25-13-14(22)12-20-19(2,3)4;5-3(6)1-2-4(7)8/h7-8,11,14,20,22H,5-6,9-10,12-13H2,1-4H3;1-2H,(H,5,6)(H,7,8)/b;2-1+. The van der Waals surface area contributed by atoms with Crippen LogP contribution in [0.15, 0.2) is 30.4 Å². The van der Waals surface area contributed by atoms with Crippen LogP contribution in [0.4, 0.5) is 5.69 Å². The Morgan fingerprint density at radius 2 is 2.00 bits per heavy atom. The second-order valence-electron chi connectivity index (χ2n) is 8.53. The minimum atomic E-state index is -1.51. The smallest absolute Gasteiger partial charge is 0.328 e. The summed E-state index contributed by atoms with van der Waals surface area (Å²) in [6.07, 6.45) is 1.76. The first-order valence-corrected chi connectivity index (χ1v) is 10.8. The molecule has 1 atom stereocenters. The van der Waals surface area contributed by atoms with E-state index >= 15 is 0 Å². The summed E-state index contributed by atoms with van der Waals surface area (Å²) in [5.74, 6) is -1.39. The number of fused-ring (bicyclic) bond motifs is 1. The van der Waals surface area contributed by atoms with E-state index in [0.717, 1.165) is 12.1 Å². The molecule has 1 amide bonds. The molecule has 0 bridgehead atoms. The van der Waals surface area contributed by atoms with E-state index in [1.165, 1.54) is 0 Å². The van der Waals surface area contributed by atoms with Crippen LogP contribution in [0.2, 0.25) is 0 Å². The molecule has 0 saturated heterocycles. The molecule has 1 unspecified atom stereocenters. The third-order valence-electron chi connectivity index (χ3n) is 4.37. The van der Waals surface area contributed by atoms with Gasteiger partial charge in [-0.25, -0.2) is 4.79 Å². The van der Waals surface area contributed by atoms with E-state index in [4.69, 9.17) is 14.6 Å². The predicted molar refractivity (Wildman–Crippen MR) is 119 cm³/mol. The molecule has 0 fully saturated rings. The number of anilines is 1. The van der Waals surface area contributed by atoms with Crippen molar-refractivity contribution in [3.63, 3.8) is 0 Å². The van der Waals surface area contributed by atoms with Gasteiger partial charge >= 0.3 is 5.97 Å². The van der Waals surface area contributed by atoms with Gasteiger partial charge in [-0.15, -0.1) is 0 Å². The van der Waals surface area contributed by atoms with Crippen molar-refractivity contribution in [1.82, 2.24) is 0 Å². The van der Waals surface area contributed by atoms with Crippen molar-refractivity contribution in [2.75, 3.05) is 31.2 Å². The molecule has 4 N–H and O–H groups in total. The molecule has 1 aliphatic rings. The van der Waals surface area contributed by atoms with Gasteiger partial charge in [-0.05, 0) is 45.4 Å². The number of aliphatic hydroxyl groups is 1. The van der Waals surface area contributed by atoms with Gasteiger partial charge in [-0.3, -0.25) is 4.79 Å². The fourth-order valence-electron chi connectivity index (χ4n) is 2.79. The topological polar surface area (TPSA) is 153 Å². The van der Waals surface area contributed by atoms with Crippen molar-refractivity contribution >= 4 is 23.5 Å². The van der Waals surface area contributed by atoms with Crippen LogP contribution in [0.5, 0.6) is 11.5 Å². The number of nitrogens with zero attached hydrogens (tertiary/aromatic N) is 1. The Bertz CT molecular complexity index is 816. The van der Waals surface area contributed by atoms with Gasteiger partial charge in [-0.1, -0.05) is 6.92 Å². The fraction of sp³-hybridized carbons (Fsp3) is 0.522. The molecule has 1 heterocycles. The Kier molecular flexibility index (Phi) is 11.4. The molecule has 2 rings (SSSR count). The summed E-state index contributed by atoms with van der Waals surface area (Å²) in [7, 11) is 0. The molecule has 0 radical (unpaired) electrons. The van der Waals surface area contributed by atoms with E-state index in [2.05, 4.69) is 26.1 Å². The minimum absolute atomic E-state index is 0.0785. The number of amides is 1. The quantitative estimate of drug-likeness (QED) is 0.419. The number of hydrogen-bond acceptors (Lipinski definition) is 7. The number of aliphatic hydroxyl groups excluding tert-OH is 1. The summed E-state index contributed by atoms with van der Waals surface area (Å²) in [6.45, 7) is 10.2. The summed E-state index contributed by atoms with van der Waals surface area (Å²) in [5, 5.41) is 29.4. The number of nitrogens with two attached hydrogens (primary N) is 1. The molecule has 0 aromatic heterocycles. The van der Waals surface area contributed by atoms with Gasteiger partial charge in [0.1, 0.15) is 37.4 Å². The number of carbonyl (C=O) groups is 3. The molecule has 184 valence electrons. The number of benzene rings is 1. The summed E-state index contributed by atoms with van der Waals surface area (Å²) in [4.78, 5) is 33.0. The van der Waals surface area contributed by atoms with Crippen LogP contribution in [-0.2, 0) is 14.4 Å². The van der Waals surface area contributed by atoms with E-state index in [1.54, 1.807) is 11.0 Å². The van der Waals surface area contributed by atoms with Crippen molar-refractivity contribution in [2.24, 2.45) is 0 Å². The van der Waals surface area contributed by atoms with Gasteiger partial charge in [-0.2, -0.15) is 0 Å². The summed E-state index contributed by atoms with van der Waals surface area (Å²) in [5.41, 5.74) is 0.869. The number of ether oxygens (including phenoxy) is 2. The average Bonchev–Trinajstić information content (AvgIpc) is 2.74. The lowest BCUT2D eigenvalue weighted by Crippen LogP contribution is -2.96. The molecule has 10 nitrogen and oxygen atoms in total. The van der Waals surface area contributed by atoms with Crippen molar-refractivity contribution in [1.29, 1.82) is 0 Å². The second-order valence-corrected chi connectivity index (χ2v) is 8.53. The zero-order valence-electron chi connectivity index (χ0n) is 19.6. The van der Waals surface area contributed by atoms with E-state index in [0.29, 0.717) is 49.8 Å². The Balaban J connectivity index is 0.000000582. The zero-order valence-corrected chi connectivity index (χ0v) is 19.6. The van der Waals surface area contributed by atoms with Crippen LogP contribution < -0.4 is 24.8 Å². The first kappa shape index (κ1) is 27.9. The number of quaternary nitrogens is 1. The Morgan fingerprint density at radius 3 is 2.55 bits per heavy atom. The zero-order chi connectivity index (χ0) is 25.0. The van der Waals surface area contributed by atoms with E-state index < -0.39 is 18.0 Å². The van der Waals surface area contributed by atoms with Gasteiger partial charge in [0.2, 0.25) is 5.91 Å². The highest BCUT2D eigenvalue weighted by Crippen LogP contribution is 2.35. The molecule has 1 aromatic carbocycles. The highest BCUT2D eigenvalue weighted by atomic mass is 16.5. The highest BCUT2D eigenvalue weighted by Gasteiger charge is 2.24. The maximum Gasteiger partial charge on any atom is 0.328 e. The summed E-state index contributed by atoms with van der Waals surface area (Å²) in [6, 6.07) is 5.46. The highest BCUT2D eigenvalue weighted by molar-refractivity contribution is 5.95. The molecular formula is C23H34N2O8. The number of rotatable bonds is 9. The molecule has 0 aliphatic carbocycles. The number of carbonyl (C=O) groups excluding carboxylic acids is 2. The Labute approximate surface area is 193 Å². The third-order valence-corrected chi connectivity index (χ3v) is 4.37. The summed E-state index contributed by atoms with van der Waals surface area (Å²) < 4.78 is 11.4. The monoisotopic (exact) mass is 466 g/mol. The van der Waals surface area contributed by atoms with Crippen LogP contribution in [0.25, 0.3) is 0 Å². The van der Waals surface area contributed by atoms with Crippen molar-refractivity contribution in [2.45, 2.75) is 52.2 Å². The van der Waals surface area contributed by atoms with Crippen molar-refractivity contribution in [3.8, 4) is 11.5 Å². The SMILES string of the molecule is CCCC(=O)N1CCOc2cc(OCC(O)C[NH2+]C(C)(C)C)ccc21.O=C([O-])/C=C/C(=O)O. The van der Waals surface area contributed by atoms with E-state index in [9.17, 15) is 24.6 Å². The molecule has 0 saturated carbocycles. The largest absolute Gasteiger partial charge is 0.545 e.